The van der Waals surface area contributed by atoms with Crippen LogP contribution in [0.4, 0.5) is 5.69 Å². The molecule has 0 radical (unpaired) electrons. The standard InChI is InChI=1S/C23H26N4O2S/c1-16(2)22(29)26-19-10-8-18(9-11-19)14-25-21(28)15-30-23-24-12-13-27(23)20-7-5-4-6-17(20)3/h4-13,16H,14-15H2,1-3H3,(H,25,28)(H,26,29). The Hall–Kier alpha value is -3.06. The van der Waals surface area contributed by atoms with Gasteiger partial charge in [0.2, 0.25) is 11.8 Å². The molecule has 3 aromatic rings. The Balaban J connectivity index is 1.50. The highest BCUT2D eigenvalue weighted by molar-refractivity contribution is 7.99. The van der Waals surface area contributed by atoms with Crippen LogP contribution in [0, 0.1) is 12.8 Å². The van der Waals surface area contributed by atoms with E-state index in [1.54, 1.807) is 6.20 Å². The Labute approximate surface area is 181 Å². The zero-order valence-corrected chi connectivity index (χ0v) is 18.2. The summed E-state index contributed by atoms with van der Waals surface area (Å²) in [4.78, 5) is 28.4. The molecule has 7 heteroatoms. The van der Waals surface area contributed by atoms with Crippen molar-refractivity contribution in [2.24, 2.45) is 5.92 Å². The molecule has 0 atom stereocenters. The summed E-state index contributed by atoms with van der Waals surface area (Å²) in [6, 6.07) is 15.6. The largest absolute Gasteiger partial charge is 0.351 e. The smallest absolute Gasteiger partial charge is 0.230 e. The van der Waals surface area contributed by atoms with Gasteiger partial charge < -0.3 is 10.6 Å². The average Bonchev–Trinajstić information content (AvgIpc) is 3.20. The third-order valence-electron chi connectivity index (χ3n) is 4.55. The van der Waals surface area contributed by atoms with E-state index in [1.807, 2.05) is 67.1 Å². The van der Waals surface area contributed by atoms with Gasteiger partial charge in [0.25, 0.3) is 0 Å². The van der Waals surface area contributed by atoms with Gasteiger partial charge in [-0.1, -0.05) is 55.9 Å². The molecule has 0 aliphatic rings. The van der Waals surface area contributed by atoms with Gasteiger partial charge in [0.15, 0.2) is 5.16 Å². The van der Waals surface area contributed by atoms with E-state index in [9.17, 15) is 9.59 Å². The van der Waals surface area contributed by atoms with E-state index in [4.69, 9.17) is 0 Å². The van der Waals surface area contributed by atoms with E-state index in [-0.39, 0.29) is 23.5 Å². The molecule has 2 N–H and O–H groups in total. The van der Waals surface area contributed by atoms with E-state index in [0.717, 1.165) is 27.7 Å². The summed E-state index contributed by atoms with van der Waals surface area (Å²) in [5.41, 5.74) is 3.93. The minimum Gasteiger partial charge on any atom is -0.351 e. The number of nitrogens with zero attached hydrogens (tertiary/aromatic N) is 2. The summed E-state index contributed by atoms with van der Waals surface area (Å²) in [6.07, 6.45) is 3.65. The molecule has 1 heterocycles. The van der Waals surface area contributed by atoms with E-state index in [0.29, 0.717) is 6.54 Å². The van der Waals surface area contributed by atoms with Gasteiger partial charge in [0.05, 0.1) is 11.4 Å². The number of amides is 2. The second kappa shape index (κ2) is 10.1. The van der Waals surface area contributed by atoms with Crippen LogP contribution in [-0.4, -0.2) is 27.1 Å². The van der Waals surface area contributed by atoms with E-state index >= 15 is 0 Å². The van der Waals surface area contributed by atoms with Crippen molar-refractivity contribution in [3.63, 3.8) is 0 Å². The summed E-state index contributed by atoms with van der Waals surface area (Å²) in [7, 11) is 0. The first-order valence-electron chi connectivity index (χ1n) is 9.82. The Morgan fingerprint density at radius 1 is 1.10 bits per heavy atom. The quantitative estimate of drug-likeness (QED) is 0.534. The fourth-order valence-corrected chi connectivity index (χ4v) is 3.58. The van der Waals surface area contributed by atoms with Crippen molar-refractivity contribution in [3.05, 3.63) is 72.1 Å². The van der Waals surface area contributed by atoms with Gasteiger partial charge in [-0.15, -0.1) is 0 Å². The van der Waals surface area contributed by atoms with Crippen molar-refractivity contribution in [3.8, 4) is 5.69 Å². The van der Waals surface area contributed by atoms with E-state index in [2.05, 4.69) is 28.6 Å². The summed E-state index contributed by atoms with van der Waals surface area (Å²) in [5.74, 6) is 0.141. The first-order chi connectivity index (χ1) is 14.4. The van der Waals surface area contributed by atoms with Gasteiger partial charge >= 0.3 is 0 Å². The number of carbonyl (C=O) groups excluding carboxylic acids is 2. The maximum atomic E-state index is 12.3. The molecule has 0 aliphatic heterocycles. The van der Waals surface area contributed by atoms with Crippen LogP contribution in [-0.2, 0) is 16.1 Å². The predicted molar refractivity (Wildman–Crippen MR) is 121 cm³/mol. The molecule has 0 unspecified atom stereocenters. The fraction of sp³-hybridized carbons (Fsp3) is 0.261. The van der Waals surface area contributed by atoms with Crippen molar-refractivity contribution in [2.75, 3.05) is 11.1 Å². The van der Waals surface area contributed by atoms with E-state index in [1.165, 1.54) is 11.8 Å². The van der Waals surface area contributed by atoms with Crippen LogP contribution in [0.3, 0.4) is 0 Å². The lowest BCUT2D eigenvalue weighted by Crippen LogP contribution is -2.24. The van der Waals surface area contributed by atoms with Crippen LogP contribution < -0.4 is 10.6 Å². The number of rotatable bonds is 8. The number of anilines is 1. The van der Waals surface area contributed by atoms with Crippen molar-refractivity contribution < 1.29 is 9.59 Å². The van der Waals surface area contributed by atoms with Crippen LogP contribution in [0.1, 0.15) is 25.0 Å². The Kier molecular flexibility index (Phi) is 7.30. The molecule has 2 aromatic carbocycles. The van der Waals surface area contributed by atoms with Gasteiger partial charge in [-0.25, -0.2) is 4.98 Å². The highest BCUT2D eigenvalue weighted by atomic mass is 32.2. The number of hydrogen-bond acceptors (Lipinski definition) is 4. The molecule has 3 rings (SSSR count). The minimum atomic E-state index is -0.0668. The molecule has 0 saturated heterocycles. The minimum absolute atomic E-state index is 0.0165. The number of carbonyl (C=O) groups is 2. The Morgan fingerprint density at radius 2 is 1.83 bits per heavy atom. The highest BCUT2D eigenvalue weighted by Gasteiger charge is 2.11. The molecule has 0 spiro atoms. The number of nitrogens with one attached hydrogen (secondary N) is 2. The van der Waals surface area contributed by atoms with Crippen molar-refractivity contribution in [1.29, 1.82) is 0 Å². The lowest BCUT2D eigenvalue weighted by molar-refractivity contribution is -0.119. The summed E-state index contributed by atoms with van der Waals surface area (Å²) >= 11 is 1.40. The maximum absolute atomic E-state index is 12.3. The highest BCUT2D eigenvalue weighted by Crippen LogP contribution is 2.22. The second-order valence-corrected chi connectivity index (χ2v) is 8.22. The summed E-state index contributed by atoms with van der Waals surface area (Å²) in [6.45, 7) is 6.19. The first-order valence-corrected chi connectivity index (χ1v) is 10.8. The molecule has 0 saturated carbocycles. The predicted octanol–water partition coefficient (Wildman–Crippen LogP) is 4.18. The number of thioether (sulfide) groups is 1. The normalized spacial score (nSPS) is 10.8. The van der Waals surface area contributed by atoms with Crippen LogP contribution in [0.25, 0.3) is 5.69 Å². The van der Waals surface area contributed by atoms with Gasteiger partial charge in [0.1, 0.15) is 0 Å². The number of hydrogen-bond donors (Lipinski definition) is 2. The molecule has 0 bridgehead atoms. The Bertz CT molecular complexity index is 1010. The van der Waals surface area contributed by atoms with Crippen molar-refractivity contribution >= 4 is 29.3 Å². The molecule has 30 heavy (non-hydrogen) atoms. The van der Waals surface area contributed by atoms with E-state index < -0.39 is 0 Å². The maximum Gasteiger partial charge on any atom is 0.230 e. The van der Waals surface area contributed by atoms with Crippen molar-refractivity contribution in [1.82, 2.24) is 14.9 Å². The lowest BCUT2D eigenvalue weighted by Gasteiger charge is -2.11. The first kappa shape index (κ1) is 21.6. The molecule has 2 amide bonds. The van der Waals surface area contributed by atoms with Crippen LogP contribution in [0.5, 0.6) is 0 Å². The molecular formula is C23H26N4O2S. The molecule has 0 fully saturated rings. The van der Waals surface area contributed by atoms with Gasteiger partial charge in [-0.05, 0) is 36.2 Å². The topological polar surface area (TPSA) is 76.0 Å². The van der Waals surface area contributed by atoms with Crippen LogP contribution >= 0.6 is 11.8 Å². The molecule has 1 aromatic heterocycles. The van der Waals surface area contributed by atoms with Crippen molar-refractivity contribution in [2.45, 2.75) is 32.5 Å². The monoisotopic (exact) mass is 422 g/mol. The van der Waals surface area contributed by atoms with Crippen LogP contribution in [0.15, 0.2) is 66.1 Å². The lowest BCUT2D eigenvalue weighted by atomic mass is 10.1. The molecule has 156 valence electrons. The fourth-order valence-electron chi connectivity index (χ4n) is 2.79. The second-order valence-electron chi connectivity index (χ2n) is 7.27. The third-order valence-corrected chi connectivity index (χ3v) is 5.52. The van der Waals surface area contributed by atoms with Gasteiger partial charge in [0, 0.05) is 30.5 Å². The number of aryl methyl sites for hydroxylation is 1. The zero-order chi connectivity index (χ0) is 21.5. The number of benzene rings is 2. The average molecular weight is 423 g/mol. The van der Waals surface area contributed by atoms with Crippen LogP contribution in [0.2, 0.25) is 0 Å². The van der Waals surface area contributed by atoms with Gasteiger partial charge in [-0.2, -0.15) is 0 Å². The molecule has 0 aliphatic carbocycles. The number of para-hydroxylation sites is 1. The SMILES string of the molecule is Cc1ccccc1-n1ccnc1SCC(=O)NCc1ccc(NC(=O)C(C)C)cc1. The number of imidazole rings is 1. The summed E-state index contributed by atoms with van der Waals surface area (Å²) < 4.78 is 2.00. The Morgan fingerprint density at radius 3 is 2.53 bits per heavy atom. The molecular weight excluding hydrogens is 396 g/mol. The molecule has 6 nitrogen and oxygen atoms in total. The van der Waals surface area contributed by atoms with Gasteiger partial charge in [-0.3, -0.25) is 14.2 Å². The third kappa shape index (κ3) is 5.73. The number of aromatic nitrogens is 2. The summed E-state index contributed by atoms with van der Waals surface area (Å²) in [5, 5.41) is 6.56. The zero-order valence-electron chi connectivity index (χ0n) is 17.4.